The zero-order valence-corrected chi connectivity index (χ0v) is 9.67. The summed E-state index contributed by atoms with van der Waals surface area (Å²) >= 11 is 0. The Morgan fingerprint density at radius 2 is 1.71 bits per heavy atom. The van der Waals surface area contributed by atoms with Crippen molar-refractivity contribution in [2.75, 3.05) is 0 Å². The summed E-state index contributed by atoms with van der Waals surface area (Å²) in [5.74, 6) is 0.629. The SMILES string of the molecule is C/C=C\CC(C)c1cc(C)cc(C)c1. The lowest BCUT2D eigenvalue weighted by atomic mass is 9.94. The van der Waals surface area contributed by atoms with E-state index in [1.165, 1.54) is 16.7 Å². The Morgan fingerprint density at radius 3 is 2.21 bits per heavy atom. The molecule has 1 aromatic rings. The first-order chi connectivity index (χ1) is 6.63. The highest BCUT2D eigenvalue weighted by atomic mass is 14.1. The minimum absolute atomic E-state index is 0.629. The van der Waals surface area contributed by atoms with E-state index in [2.05, 4.69) is 58.0 Å². The van der Waals surface area contributed by atoms with Crippen LogP contribution in [0.5, 0.6) is 0 Å². The van der Waals surface area contributed by atoms with Gasteiger partial charge in [0.25, 0.3) is 0 Å². The van der Waals surface area contributed by atoms with Crippen molar-refractivity contribution in [2.45, 2.75) is 40.0 Å². The van der Waals surface area contributed by atoms with Gasteiger partial charge in [0.2, 0.25) is 0 Å². The number of hydrogen-bond acceptors (Lipinski definition) is 0. The Kier molecular flexibility index (Phi) is 3.94. The molecule has 0 heteroatoms. The van der Waals surface area contributed by atoms with Gasteiger partial charge in [-0.2, -0.15) is 0 Å². The Morgan fingerprint density at radius 1 is 1.14 bits per heavy atom. The van der Waals surface area contributed by atoms with Gasteiger partial charge in [-0.15, -0.1) is 0 Å². The van der Waals surface area contributed by atoms with Crippen molar-refractivity contribution >= 4 is 0 Å². The molecule has 0 aromatic heterocycles. The van der Waals surface area contributed by atoms with Gasteiger partial charge in [0.05, 0.1) is 0 Å². The van der Waals surface area contributed by atoms with Crippen LogP contribution in [0.4, 0.5) is 0 Å². The molecule has 0 bridgehead atoms. The molecule has 0 fully saturated rings. The van der Waals surface area contributed by atoms with E-state index in [-0.39, 0.29) is 0 Å². The van der Waals surface area contributed by atoms with Crippen LogP contribution in [-0.2, 0) is 0 Å². The maximum absolute atomic E-state index is 2.29. The standard InChI is InChI=1S/C14H20/c1-5-6-7-13(4)14-9-11(2)8-12(3)10-14/h5-6,8-10,13H,7H2,1-4H3/b6-5-. The fourth-order valence-corrected chi connectivity index (χ4v) is 1.77. The van der Waals surface area contributed by atoms with E-state index in [4.69, 9.17) is 0 Å². The number of benzene rings is 1. The minimum atomic E-state index is 0.629. The second-order valence-electron chi connectivity index (χ2n) is 4.13. The Labute approximate surface area is 87.7 Å². The van der Waals surface area contributed by atoms with Crippen LogP contribution < -0.4 is 0 Å². The maximum atomic E-state index is 2.29. The molecule has 0 saturated carbocycles. The topological polar surface area (TPSA) is 0 Å². The van der Waals surface area contributed by atoms with Crippen LogP contribution >= 0.6 is 0 Å². The summed E-state index contributed by atoms with van der Waals surface area (Å²) in [6.45, 7) is 8.69. The minimum Gasteiger partial charge on any atom is -0.0916 e. The van der Waals surface area contributed by atoms with Crippen molar-refractivity contribution in [2.24, 2.45) is 0 Å². The predicted molar refractivity (Wildman–Crippen MR) is 63.8 cm³/mol. The largest absolute Gasteiger partial charge is 0.0916 e. The predicted octanol–water partition coefficient (Wildman–Crippen LogP) is 4.37. The van der Waals surface area contributed by atoms with Gasteiger partial charge in [-0.25, -0.2) is 0 Å². The zero-order valence-electron chi connectivity index (χ0n) is 9.67. The molecule has 1 aromatic carbocycles. The van der Waals surface area contributed by atoms with Gasteiger partial charge < -0.3 is 0 Å². The van der Waals surface area contributed by atoms with Crippen LogP contribution in [0.2, 0.25) is 0 Å². The van der Waals surface area contributed by atoms with Crippen LogP contribution in [-0.4, -0.2) is 0 Å². The third-order valence-electron chi connectivity index (χ3n) is 2.54. The third kappa shape index (κ3) is 3.02. The van der Waals surface area contributed by atoms with Crippen LogP contribution in [0.1, 0.15) is 42.9 Å². The highest BCUT2D eigenvalue weighted by Crippen LogP contribution is 2.21. The van der Waals surface area contributed by atoms with Gasteiger partial charge in [0.15, 0.2) is 0 Å². The van der Waals surface area contributed by atoms with Crippen molar-refractivity contribution in [3.05, 3.63) is 47.0 Å². The van der Waals surface area contributed by atoms with E-state index in [1.807, 2.05) is 0 Å². The fourth-order valence-electron chi connectivity index (χ4n) is 1.77. The number of allylic oxidation sites excluding steroid dienone is 2. The molecule has 0 aliphatic rings. The van der Waals surface area contributed by atoms with Gasteiger partial charge in [0.1, 0.15) is 0 Å². The fraction of sp³-hybridized carbons (Fsp3) is 0.429. The molecule has 0 aliphatic carbocycles. The summed E-state index contributed by atoms with van der Waals surface area (Å²) in [5, 5.41) is 0. The lowest BCUT2D eigenvalue weighted by Crippen LogP contribution is -1.93. The Hall–Kier alpha value is -1.04. The van der Waals surface area contributed by atoms with Crippen molar-refractivity contribution in [1.29, 1.82) is 0 Å². The monoisotopic (exact) mass is 188 g/mol. The first kappa shape index (κ1) is 11.0. The average molecular weight is 188 g/mol. The number of aryl methyl sites for hydroxylation is 2. The first-order valence-electron chi connectivity index (χ1n) is 5.33. The second kappa shape index (κ2) is 4.99. The lowest BCUT2D eigenvalue weighted by Gasteiger charge is -2.11. The van der Waals surface area contributed by atoms with E-state index >= 15 is 0 Å². The summed E-state index contributed by atoms with van der Waals surface area (Å²) in [6.07, 6.45) is 5.50. The van der Waals surface area contributed by atoms with E-state index in [0.717, 1.165) is 6.42 Å². The Balaban J connectivity index is 2.83. The molecule has 0 spiro atoms. The number of hydrogen-bond donors (Lipinski definition) is 0. The molecule has 14 heavy (non-hydrogen) atoms. The molecule has 0 aliphatic heterocycles. The van der Waals surface area contributed by atoms with Gasteiger partial charge in [-0.1, -0.05) is 48.4 Å². The smallest absolute Gasteiger partial charge is 0.0156 e. The molecule has 0 nitrogen and oxygen atoms in total. The van der Waals surface area contributed by atoms with Crippen molar-refractivity contribution in [3.8, 4) is 0 Å². The van der Waals surface area contributed by atoms with Gasteiger partial charge in [-0.05, 0) is 38.7 Å². The van der Waals surface area contributed by atoms with Crippen molar-refractivity contribution in [3.63, 3.8) is 0 Å². The molecular weight excluding hydrogens is 168 g/mol. The molecular formula is C14H20. The van der Waals surface area contributed by atoms with Crippen molar-refractivity contribution in [1.82, 2.24) is 0 Å². The molecule has 0 saturated heterocycles. The second-order valence-corrected chi connectivity index (χ2v) is 4.13. The van der Waals surface area contributed by atoms with Gasteiger partial charge >= 0.3 is 0 Å². The summed E-state index contributed by atoms with van der Waals surface area (Å²) in [6, 6.07) is 6.81. The van der Waals surface area contributed by atoms with Crippen molar-refractivity contribution < 1.29 is 0 Å². The van der Waals surface area contributed by atoms with Crippen LogP contribution in [0, 0.1) is 13.8 Å². The normalized spacial score (nSPS) is 13.4. The van der Waals surface area contributed by atoms with Crippen LogP contribution in [0.25, 0.3) is 0 Å². The van der Waals surface area contributed by atoms with Crippen LogP contribution in [0.3, 0.4) is 0 Å². The lowest BCUT2D eigenvalue weighted by molar-refractivity contribution is 0.778. The van der Waals surface area contributed by atoms with E-state index < -0.39 is 0 Å². The summed E-state index contributed by atoms with van der Waals surface area (Å²) in [7, 11) is 0. The van der Waals surface area contributed by atoms with E-state index in [1.54, 1.807) is 0 Å². The highest BCUT2D eigenvalue weighted by Gasteiger charge is 2.04. The maximum Gasteiger partial charge on any atom is -0.0156 e. The highest BCUT2D eigenvalue weighted by molar-refractivity contribution is 5.30. The molecule has 0 amide bonds. The summed E-state index contributed by atoms with van der Waals surface area (Å²) in [5.41, 5.74) is 4.19. The molecule has 0 radical (unpaired) electrons. The first-order valence-corrected chi connectivity index (χ1v) is 5.33. The quantitative estimate of drug-likeness (QED) is 0.618. The van der Waals surface area contributed by atoms with Gasteiger partial charge in [0, 0.05) is 0 Å². The summed E-state index contributed by atoms with van der Waals surface area (Å²) < 4.78 is 0. The molecule has 1 atom stereocenters. The molecule has 1 unspecified atom stereocenters. The van der Waals surface area contributed by atoms with Crippen LogP contribution in [0.15, 0.2) is 30.4 Å². The third-order valence-corrected chi connectivity index (χ3v) is 2.54. The average Bonchev–Trinajstić information content (AvgIpc) is 2.12. The molecule has 0 N–H and O–H groups in total. The van der Waals surface area contributed by atoms with E-state index in [0.29, 0.717) is 5.92 Å². The molecule has 1 rings (SSSR count). The summed E-state index contributed by atoms with van der Waals surface area (Å²) in [4.78, 5) is 0. The molecule has 0 heterocycles. The number of rotatable bonds is 3. The molecule has 76 valence electrons. The Bertz CT molecular complexity index is 301. The van der Waals surface area contributed by atoms with E-state index in [9.17, 15) is 0 Å². The van der Waals surface area contributed by atoms with Gasteiger partial charge in [-0.3, -0.25) is 0 Å². The zero-order chi connectivity index (χ0) is 10.6.